The highest BCUT2D eigenvalue weighted by Gasteiger charge is 2.16. The maximum atomic E-state index is 12.1. The van der Waals surface area contributed by atoms with Gasteiger partial charge in [0, 0.05) is 6.42 Å². The molecule has 1 saturated heterocycles. The first-order valence-corrected chi connectivity index (χ1v) is 8.13. The number of benzene rings is 1. The number of nitrogens with one attached hydrogen (secondary N) is 2. The van der Waals surface area contributed by atoms with Gasteiger partial charge in [0.25, 0.3) is 0 Å². The van der Waals surface area contributed by atoms with Gasteiger partial charge in [-0.15, -0.1) is 0 Å². The topological polar surface area (TPSA) is 41.1 Å². The molecule has 0 aromatic heterocycles. The molecule has 2 unspecified atom stereocenters. The molecule has 1 aromatic rings. The average Bonchev–Trinajstić information content (AvgIpc) is 2.46. The van der Waals surface area contributed by atoms with Crippen LogP contribution in [0.4, 0.5) is 0 Å². The highest BCUT2D eigenvalue weighted by molar-refractivity contribution is 5.76. The van der Waals surface area contributed by atoms with Gasteiger partial charge in [-0.05, 0) is 70.2 Å². The summed E-state index contributed by atoms with van der Waals surface area (Å²) in [5, 5.41) is 6.54. The average molecular weight is 288 g/mol. The quantitative estimate of drug-likeness (QED) is 0.873. The molecule has 0 aliphatic carbocycles. The molecule has 2 rings (SSSR count). The smallest absolute Gasteiger partial charge is 0.220 e. The summed E-state index contributed by atoms with van der Waals surface area (Å²) in [6.45, 7) is 8.47. The minimum absolute atomic E-state index is 0.0857. The summed E-state index contributed by atoms with van der Waals surface area (Å²) in [6.07, 6.45) is 4.14. The molecule has 21 heavy (non-hydrogen) atoms. The zero-order chi connectivity index (χ0) is 15.2. The number of piperidine rings is 1. The van der Waals surface area contributed by atoms with Crippen LogP contribution in [-0.2, 0) is 4.79 Å². The Morgan fingerprint density at radius 1 is 1.43 bits per heavy atom. The molecule has 1 amide bonds. The fraction of sp³-hybridized carbons (Fsp3) is 0.611. The van der Waals surface area contributed by atoms with E-state index in [9.17, 15) is 4.79 Å². The third-order valence-corrected chi connectivity index (χ3v) is 4.45. The second kappa shape index (κ2) is 7.60. The molecular formula is C18H28N2O. The highest BCUT2D eigenvalue weighted by Crippen LogP contribution is 2.20. The standard InChI is InChI=1S/C18H28N2O/c1-13-6-8-17(14(2)11-13)15(3)20-18(21)9-7-16-5-4-10-19-12-16/h6,8,11,15-16,19H,4-5,7,9-10,12H2,1-3H3,(H,20,21). The second-order valence-electron chi connectivity index (χ2n) is 6.40. The maximum absolute atomic E-state index is 12.1. The molecule has 1 fully saturated rings. The summed E-state index contributed by atoms with van der Waals surface area (Å²) in [7, 11) is 0. The van der Waals surface area contributed by atoms with Crippen molar-refractivity contribution in [2.45, 2.75) is 52.5 Å². The lowest BCUT2D eigenvalue weighted by Crippen LogP contribution is -2.32. The van der Waals surface area contributed by atoms with E-state index in [-0.39, 0.29) is 11.9 Å². The summed E-state index contributed by atoms with van der Waals surface area (Å²) < 4.78 is 0. The fourth-order valence-electron chi connectivity index (χ4n) is 3.21. The lowest BCUT2D eigenvalue weighted by atomic mass is 9.94. The van der Waals surface area contributed by atoms with E-state index in [0.717, 1.165) is 19.5 Å². The zero-order valence-electron chi connectivity index (χ0n) is 13.5. The van der Waals surface area contributed by atoms with Gasteiger partial charge in [0.15, 0.2) is 0 Å². The van der Waals surface area contributed by atoms with Crippen molar-refractivity contribution in [2.24, 2.45) is 5.92 Å². The number of carbonyl (C=O) groups is 1. The van der Waals surface area contributed by atoms with Crippen molar-refractivity contribution in [1.82, 2.24) is 10.6 Å². The van der Waals surface area contributed by atoms with E-state index in [0.29, 0.717) is 12.3 Å². The summed E-state index contributed by atoms with van der Waals surface area (Å²) in [6, 6.07) is 6.49. The molecule has 116 valence electrons. The SMILES string of the molecule is Cc1ccc(C(C)NC(=O)CCC2CCCNC2)c(C)c1. The van der Waals surface area contributed by atoms with Crippen LogP contribution >= 0.6 is 0 Å². The Balaban J connectivity index is 1.81. The van der Waals surface area contributed by atoms with Gasteiger partial charge >= 0.3 is 0 Å². The Morgan fingerprint density at radius 2 is 2.24 bits per heavy atom. The Labute approximate surface area is 128 Å². The van der Waals surface area contributed by atoms with E-state index in [2.05, 4.69) is 49.6 Å². The molecule has 3 heteroatoms. The van der Waals surface area contributed by atoms with E-state index < -0.39 is 0 Å². The van der Waals surface area contributed by atoms with E-state index in [4.69, 9.17) is 0 Å². The van der Waals surface area contributed by atoms with Gasteiger partial charge in [-0.2, -0.15) is 0 Å². The van der Waals surface area contributed by atoms with Crippen LogP contribution in [0.5, 0.6) is 0 Å². The van der Waals surface area contributed by atoms with Crippen LogP contribution in [0.3, 0.4) is 0 Å². The van der Waals surface area contributed by atoms with Crippen molar-refractivity contribution in [3.8, 4) is 0 Å². The van der Waals surface area contributed by atoms with Crippen LogP contribution in [0.1, 0.15) is 55.3 Å². The number of carbonyl (C=O) groups excluding carboxylic acids is 1. The molecule has 2 atom stereocenters. The van der Waals surface area contributed by atoms with Crippen molar-refractivity contribution in [1.29, 1.82) is 0 Å². The van der Waals surface area contributed by atoms with Crippen LogP contribution in [0.2, 0.25) is 0 Å². The summed E-state index contributed by atoms with van der Waals surface area (Å²) >= 11 is 0. The Hall–Kier alpha value is -1.35. The van der Waals surface area contributed by atoms with E-state index in [1.165, 1.54) is 29.5 Å². The van der Waals surface area contributed by atoms with E-state index >= 15 is 0 Å². The second-order valence-corrected chi connectivity index (χ2v) is 6.40. The third-order valence-electron chi connectivity index (χ3n) is 4.45. The first-order valence-electron chi connectivity index (χ1n) is 8.13. The van der Waals surface area contributed by atoms with Gasteiger partial charge in [0.2, 0.25) is 5.91 Å². The normalized spacial score (nSPS) is 20.0. The number of aryl methyl sites for hydroxylation is 2. The first kappa shape index (κ1) is 16.0. The lowest BCUT2D eigenvalue weighted by molar-refractivity contribution is -0.122. The fourth-order valence-corrected chi connectivity index (χ4v) is 3.21. The predicted octanol–water partition coefficient (Wildman–Crippen LogP) is 3.26. The number of hydrogen-bond acceptors (Lipinski definition) is 2. The minimum atomic E-state index is 0.0857. The molecule has 0 radical (unpaired) electrons. The van der Waals surface area contributed by atoms with Crippen molar-refractivity contribution >= 4 is 5.91 Å². The molecule has 1 aliphatic heterocycles. The summed E-state index contributed by atoms with van der Waals surface area (Å²) in [5.74, 6) is 0.842. The Kier molecular flexibility index (Phi) is 5.80. The van der Waals surface area contributed by atoms with Crippen LogP contribution in [0.25, 0.3) is 0 Å². The van der Waals surface area contributed by atoms with Crippen LogP contribution in [0, 0.1) is 19.8 Å². The monoisotopic (exact) mass is 288 g/mol. The van der Waals surface area contributed by atoms with E-state index in [1.807, 2.05) is 0 Å². The largest absolute Gasteiger partial charge is 0.350 e. The van der Waals surface area contributed by atoms with Crippen LogP contribution in [0.15, 0.2) is 18.2 Å². The van der Waals surface area contributed by atoms with Crippen LogP contribution in [-0.4, -0.2) is 19.0 Å². The molecule has 0 saturated carbocycles. The molecule has 3 nitrogen and oxygen atoms in total. The number of amides is 1. The van der Waals surface area contributed by atoms with Crippen LogP contribution < -0.4 is 10.6 Å². The molecular weight excluding hydrogens is 260 g/mol. The molecule has 1 heterocycles. The molecule has 0 bridgehead atoms. The first-order chi connectivity index (χ1) is 10.1. The van der Waals surface area contributed by atoms with Gasteiger partial charge in [-0.25, -0.2) is 0 Å². The predicted molar refractivity (Wildman–Crippen MR) is 87.3 cm³/mol. The Morgan fingerprint density at radius 3 is 2.90 bits per heavy atom. The lowest BCUT2D eigenvalue weighted by Gasteiger charge is -2.23. The van der Waals surface area contributed by atoms with Gasteiger partial charge in [-0.3, -0.25) is 4.79 Å². The summed E-state index contributed by atoms with van der Waals surface area (Å²) in [5.41, 5.74) is 3.73. The molecule has 1 aromatic carbocycles. The number of hydrogen-bond donors (Lipinski definition) is 2. The third kappa shape index (κ3) is 4.85. The maximum Gasteiger partial charge on any atom is 0.220 e. The molecule has 2 N–H and O–H groups in total. The van der Waals surface area contributed by atoms with Gasteiger partial charge in [-0.1, -0.05) is 23.8 Å². The molecule has 1 aliphatic rings. The van der Waals surface area contributed by atoms with Crippen molar-refractivity contribution in [3.05, 3.63) is 34.9 Å². The minimum Gasteiger partial charge on any atom is -0.350 e. The van der Waals surface area contributed by atoms with Gasteiger partial charge < -0.3 is 10.6 Å². The van der Waals surface area contributed by atoms with Gasteiger partial charge in [0.1, 0.15) is 0 Å². The number of rotatable bonds is 5. The zero-order valence-corrected chi connectivity index (χ0v) is 13.5. The summed E-state index contributed by atoms with van der Waals surface area (Å²) in [4.78, 5) is 12.1. The Bertz CT molecular complexity index is 478. The highest BCUT2D eigenvalue weighted by atomic mass is 16.1. The van der Waals surface area contributed by atoms with Crippen molar-refractivity contribution in [2.75, 3.05) is 13.1 Å². The van der Waals surface area contributed by atoms with E-state index in [1.54, 1.807) is 0 Å². The molecule has 0 spiro atoms. The van der Waals surface area contributed by atoms with Crippen molar-refractivity contribution in [3.63, 3.8) is 0 Å². The van der Waals surface area contributed by atoms with Gasteiger partial charge in [0.05, 0.1) is 6.04 Å². The van der Waals surface area contributed by atoms with Crippen molar-refractivity contribution < 1.29 is 4.79 Å².